The summed E-state index contributed by atoms with van der Waals surface area (Å²) in [6.07, 6.45) is 4.13. The van der Waals surface area contributed by atoms with E-state index in [1.54, 1.807) is 63.8 Å². The number of hydrogen-bond donors (Lipinski definition) is 1. The normalized spacial score (nSPS) is 14.2. The first-order chi connectivity index (χ1) is 17.6. The molecule has 0 saturated carbocycles. The molecule has 9 heteroatoms. The molecule has 0 aliphatic carbocycles. The van der Waals surface area contributed by atoms with Crippen LogP contribution in [0.4, 0.5) is 4.79 Å². The van der Waals surface area contributed by atoms with Crippen LogP contribution in [0.5, 0.6) is 0 Å². The first-order valence-corrected chi connectivity index (χ1v) is 12.5. The predicted octanol–water partition coefficient (Wildman–Crippen LogP) is 4.82. The van der Waals surface area contributed by atoms with Crippen molar-refractivity contribution in [2.45, 2.75) is 59.5 Å². The number of nitrogens with zero attached hydrogens (tertiary/aromatic N) is 2. The van der Waals surface area contributed by atoms with Crippen LogP contribution in [0.2, 0.25) is 0 Å². The van der Waals surface area contributed by atoms with Crippen molar-refractivity contribution in [2.75, 3.05) is 25.1 Å². The Bertz CT molecular complexity index is 1180. The van der Waals surface area contributed by atoms with Gasteiger partial charge in [0.1, 0.15) is 5.60 Å². The van der Waals surface area contributed by atoms with E-state index in [4.69, 9.17) is 9.47 Å². The smallest absolute Gasteiger partial charge is 0.426 e. The Hall–Kier alpha value is -3.88. The van der Waals surface area contributed by atoms with E-state index < -0.39 is 17.7 Å². The van der Waals surface area contributed by atoms with Gasteiger partial charge in [-0.15, -0.1) is 0 Å². The number of aldehydes is 1. The zero-order valence-electron chi connectivity index (χ0n) is 22.1. The maximum atomic E-state index is 13.9. The minimum atomic E-state index is -0.782. The van der Waals surface area contributed by atoms with Crippen LogP contribution in [0.15, 0.2) is 30.3 Å². The van der Waals surface area contributed by atoms with Gasteiger partial charge in [0.05, 0.1) is 29.1 Å². The number of hydrogen-bond acceptors (Lipinski definition) is 6. The Labute approximate surface area is 217 Å². The third kappa shape index (κ3) is 6.67. The molecule has 198 valence electrons. The molecule has 1 fully saturated rings. The molecular weight excluding hydrogens is 474 g/mol. The first-order valence-electron chi connectivity index (χ1n) is 12.5. The maximum absolute atomic E-state index is 13.9. The number of likely N-dealkylation sites (tertiary alicyclic amines) is 1. The van der Waals surface area contributed by atoms with E-state index in [9.17, 15) is 19.2 Å². The summed E-state index contributed by atoms with van der Waals surface area (Å²) in [5.74, 6) is -1.05. The summed E-state index contributed by atoms with van der Waals surface area (Å²) >= 11 is 0. The van der Waals surface area contributed by atoms with Gasteiger partial charge in [-0.3, -0.25) is 14.3 Å². The Morgan fingerprint density at radius 1 is 1.03 bits per heavy atom. The van der Waals surface area contributed by atoms with E-state index in [1.807, 2.05) is 6.07 Å². The Morgan fingerprint density at radius 3 is 2.24 bits per heavy atom. The minimum absolute atomic E-state index is 0.0399. The zero-order chi connectivity index (χ0) is 27.2. The summed E-state index contributed by atoms with van der Waals surface area (Å²) in [4.78, 5) is 53.7. The number of rotatable bonds is 7. The van der Waals surface area contributed by atoms with Gasteiger partial charge in [-0.25, -0.2) is 15.0 Å². The van der Waals surface area contributed by atoms with Crippen LogP contribution in [-0.4, -0.2) is 59.1 Å². The number of benzene rings is 1. The van der Waals surface area contributed by atoms with E-state index in [-0.39, 0.29) is 40.6 Å². The van der Waals surface area contributed by atoms with Crippen LogP contribution in [0.25, 0.3) is 11.6 Å². The number of aromatic nitrogens is 1. The highest BCUT2D eigenvalue weighted by Gasteiger charge is 2.34. The van der Waals surface area contributed by atoms with Crippen molar-refractivity contribution in [1.29, 1.82) is 0 Å². The second kappa shape index (κ2) is 11.9. The number of carbonyl (C=O) groups excluding carboxylic acids is 4. The zero-order valence-corrected chi connectivity index (χ0v) is 22.1. The number of ether oxygens (including phenoxy) is 2. The summed E-state index contributed by atoms with van der Waals surface area (Å²) in [6, 6.07) is 8.94. The summed E-state index contributed by atoms with van der Waals surface area (Å²) in [5, 5.41) is 0. The van der Waals surface area contributed by atoms with Gasteiger partial charge >= 0.3 is 12.1 Å². The quantitative estimate of drug-likeness (QED) is 0.326. The van der Waals surface area contributed by atoms with Gasteiger partial charge in [-0.2, -0.15) is 0 Å². The molecule has 1 aliphatic heterocycles. The lowest BCUT2D eigenvalue weighted by molar-refractivity contribution is -0.103. The number of amides is 2. The van der Waals surface area contributed by atoms with Crippen LogP contribution in [0.1, 0.15) is 84.6 Å². The summed E-state index contributed by atoms with van der Waals surface area (Å²) in [5.41, 5.74) is 3.34. The SMILES string of the molecule is CCOC(=O)c1c(C(=O)N2CCCCC2)c(/C=C(\C=O)c2ccccc2)n(NC(=O)OC(C)(C)C)c1C. The molecule has 37 heavy (non-hydrogen) atoms. The second-order valence-electron chi connectivity index (χ2n) is 9.83. The lowest BCUT2D eigenvalue weighted by Crippen LogP contribution is -2.37. The molecular formula is C28H35N3O6. The Kier molecular flexibility index (Phi) is 8.91. The van der Waals surface area contributed by atoms with Gasteiger partial charge in [0.15, 0.2) is 6.29 Å². The minimum Gasteiger partial charge on any atom is -0.462 e. The van der Waals surface area contributed by atoms with Gasteiger partial charge < -0.3 is 14.4 Å². The van der Waals surface area contributed by atoms with E-state index >= 15 is 0 Å². The summed E-state index contributed by atoms with van der Waals surface area (Å²) in [6.45, 7) is 9.67. The average Bonchev–Trinajstić information content (AvgIpc) is 3.12. The Balaban J connectivity index is 2.28. The molecule has 1 aromatic heterocycles. The van der Waals surface area contributed by atoms with Crippen molar-refractivity contribution in [1.82, 2.24) is 9.58 Å². The van der Waals surface area contributed by atoms with Gasteiger partial charge in [0.25, 0.3) is 5.91 Å². The van der Waals surface area contributed by atoms with E-state index in [0.29, 0.717) is 24.9 Å². The first kappa shape index (κ1) is 27.7. The lowest BCUT2D eigenvalue weighted by atomic mass is 10.0. The van der Waals surface area contributed by atoms with Crippen molar-refractivity contribution < 1.29 is 28.7 Å². The topological polar surface area (TPSA) is 107 Å². The molecule has 0 atom stereocenters. The van der Waals surface area contributed by atoms with E-state index in [2.05, 4.69) is 5.43 Å². The molecule has 0 radical (unpaired) electrons. The molecule has 0 spiro atoms. The van der Waals surface area contributed by atoms with Crippen LogP contribution in [0.3, 0.4) is 0 Å². The third-order valence-electron chi connectivity index (χ3n) is 5.91. The molecule has 2 heterocycles. The third-order valence-corrected chi connectivity index (χ3v) is 5.91. The number of allylic oxidation sites excluding steroid dienone is 1. The van der Waals surface area contributed by atoms with Gasteiger partial charge in [0, 0.05) is 18.7 Å². The molecule has 0 bridgehead atoms. The fourth-order valence-corrected chi connectivity index (χ4v) is 4.27. The number of esters is 1. The van der Waals surface area contributed by atoms with Crippen molar-refractivity contribution in [2.24, 2.45) is 0 Å². The fourth-order valence-electron chi connectivity index (χ4n) is 4.27. The molecule has 1 saturated heterocycles. The summed E-state index contributed by atoms with van der Waals surface area (Å²) in [7, 11) is 0. The molecule has 3 rings (SSSR count). The predicted molar refractivity (Wildman–Crippen MR) is 141 cm³/mol. The van der Waals surface area contributed by atoms with Crippen LogP contribution < -0.4 is 5.43 Å². The fraction of sp³-hybridized carbons (Fsp3) is 0.429. The van der Waals surface area contributed by atoms with Crippen LogP contribution in [-0.2, 0) is 14.3 Å². The molecule has 1 aromatic carbocycles. The highest BCUT2D eigenvalue weighted by Crippen LogP contribution is 2.29. The lowest BCUT2D eigenvalue weighted by Gasteiger charge is -2.27. The van der Waals surface area contributed by atoms with E-state index in [1.165, 1.54) is 10.8 Å². The van der Waals surface area contributed by atoms with E-state index in [0.717, 1.165) is 19.3 Å². The highest BCUT2D eigenvalue weighted by atomic mass is 16.6. The van der Waals surface area contributed by atoms with Gasteiger partial charge in [-0.05, 0) is 65.5 Å². The molecule has 2 amide bonds. The van der Waals surface area contributed by atoms with Gasteiger partial charge in [-0.1, -0.05) is 30.3 Å². The largest absolute Gasteiger partial charge is 0.462 e. The number of carbonyl (C=O) groups is 4. The monoisotopic (exact) mass is 509 g/mol. The summed E-state index contributed by atoms with van der Waals surface area (Å²) < 4.78 is 12.1. The van der Waals surface area contributed by atoms with Crippen LogP contribution >= 0.6 is 0 Å². The highest BCUT2D eigenvalue weighted by molar-refractivity contribution is 6.16. The standard InChI is InChI=1S/C28H35N3O6/c1-6-36-26(34)23-19(2)31(29-27(35)37-28(3,4)5)22(17-21(18-32)20-13-9-7-10-14-20)24(23)25(33)30-15-11-8-12-16-30/h7,9-10,13-14,17-18H,6,8,11-12,15-16H2,1-5H3,(H,29,35)/b21-17+. The molecule has 1 N–H and O–H groups in total. The second-order valence-corrected chi connectivity index (χ2v) is 9.83. The van der Waals surface area contributed by atoms with Crippen molar-refractivity contribution in [3.63, 3.8) is 0 Å². The van der Waals surface area contributed by atoms with Gasteiger partial charge in [0.2, 0.25) is 0 Å². The Morgan fingerprint density at radius 2 is 1.68 bits per heavy atom. The van der Waals surface area contributed by atoms with Crippen LogP contribution in [0, 0.1) is 6.92 Å². The molecule has 2 aromatic rings. The van der Waals surface area contributed by atoms with Crippen molar-refractivity contribution >= 4 is 35.9 Å². The maximum Gasteiger partial charge on any atom is 0.426 e. The molecule has 0 unspecified atom stereocenters. The average molecular weight is 510 g/mol. The molecule has 9 nitrogen and oxygen atoms in total. The number of nitrogens with one attached hydrogen (secondary N) is 1. The van der Waals surface area contributed by atoms with Crippen molar-refractivity contribution in [3.05, 3.63) is 58.4 Å². The van der Waals surface area contributed by atoms with Crippen molar-refractivity contribution in [3.8, 4) is 0 Å². The number of piperidine rings is 1. The molecule has 1 aliphatic rings.